The zero-order valence-corrected chi connectivity index (χ0v) is 17.0. The third kappa shape index (κ3) is 6.09. The molecule has 0 saturated heterocycles. The third-order valence-electron chi connectivity index (χ3n) is 3.04. The van der Waals surface area contributed by atoms with E-state index in [-0.39, 0.29) is 18.4 Å². The quantitative estimate of drug-likeness (QED) is 0.340. The largest absolute Gasteiger partial charge is 0.0622 e. The van der Waals surface area contributed by atoms with Crippen molar-refractivity contribution in [3.63, 3.8) is 0 Å². The summed E-state index contributed by atoms with van der Waals surface area (Å²) in [5.74, 6) is 0. The second kappa shape index (κ2) is 9.85. The molecule has 0 atom stereocenters. The molecule has 3 rings (SSSR count). The minimum Gasteiger partial charge on any atom is -0.0622 e. The Morgan fingerprint density at radius 3 is 0.913 bits per heavy atom. The molecule has 2 heteroatoms. The van der Waals surface area contributed by atoms with Crippen LogP contribution in [-0.2, 0) is 18.4 Å². The van der Waals surface area contributed by atoms with Gasteiger partial charge >= 0.3 is 33.9 Å². The van der Waals surface area contributed by atoms with Gasteiger partial charge in [-0.1, -0.05) is 91.0 Å². The summed E-state index contributed by atoms with van der Waals surface area (Å²) in [6.07, 6.45) is 0. The summed E-state index contributed by atoms with van der Waals surface area (Å²) in [7, 11) is -0.446. The molecule has 0 N–H and O–H groups in total. The van der Waals surface area contributed by atoms with Gasteiger partial charge in [0.1, 0.15) is 0 Å². The van der Waals surface area contributed by atoms with E-state index in [2.05, 4.69) is 106 Å². The van der Waals surface area contributed by atoms with E-state index >= 15 is 0 Å². The van der Waals surface area contributed by atoms with Gasteiger partial charge in [0.25, 0.3) is 0 Å². The van der Waals surface area contributed by atoms with Crippen LogP contribution >= 0.6 is 7.92 Å². The minimum absolute atomic E-state index is 0.204. The van der Waals surface area contributed by atoms with Gasteiger partial charge in [0.2, 0.25) is 0 Å². The van der Waals surface area contributed by atoms with E-state index in [0.717, 1.165) is 0 Å². The van der Waals surface area contributed by atoms with Crippen LogP contribution in [0, 0.1) is 0 Å². The van der Waals surface area contributed by atoms with Crippen molar-refractivity contribution in [1.29, 1.82) is 0 Å². The Hall–Kier alpha value is -1.17. The van der Waals surface area contributed by atoms with Crippen molar-refractivity contribution in [2.45, 2.75) is 15.4 Å². The molecule has 23 heavy (non-hydrogen) atoms. The number of hydrogen-bond donors (Lipinski definition) is 0. The average Bonchev–Trinajstić information content (AvgIpc) is 2.58. The molecule has 0 aliphatic rings. The van der Waals surface area contributed by atoms with E-state index in [0.29, 0.717) is 0 Å². The molecule has 0 radical (unpaired) electrons. The van der Waals surface area contributed by atoms with Crippen molar-refractivity contribution in [2.24, 2.45) is 0 Å². The van der Waals surface area contributed by atoms with Crippen LogP contribution < -0.4 is 15.9 Å². The molecule has 0 aliphatic heterocycles. The summed E-state index contributed by atoms with van der Waals surface area (Å²) >= 11 is -0.204. The maximum Gasteiger partial charge on any atom is -0.0134 e. The van der Waals surface area contributed by atoms with Crippen molar-refractivity contribution in [1.82, 2.24) is 0 Å². The molecular weight excluding hydrogens is 480 g/mol. The van der Waals surface area contributed by atoms with Crippen LogP contribution in [0.4, 0.5) is 0 Å². The predicted octanol–water partition coefficient (Wildman–Crippen LogP) is 5.19. The maximum absolute atomic E-state index is 2.31. The van der Waals surface area contributed by atoms with Gasteiger partial charge in [-0.3, -0.25) is 0 Å². The summed E-state index contributed by atoms with van der Waals surface area (Å²) < 4.78 is 0. The van der Waals surface area contributed by atoms with Crippen LogP contribution in [0.5, 0.6) is 0 Å². The molecule has 0 nitrogen and oxygen atoms in total. The number of hydrogen-bond acceptors (Lipinski definition) is 0. The predicted molar refractivity (Wildman–Crippen MR) is 103 cm³/mol. The Balaban J connectivity index is 0.000000433. The van der Waals surface area contributed by atoms with Crippen molar-refractivity contribution in [3.8, 4) is 0 Å². The molecule has 0 fully saturated rings. The van der Waals surface area contributed by atoms with Crippen molar-refractivity contribution in [2.75, 3.05) is 0 Å². The van der Waals surface area contributed by atoms with E-state index in [1.54, 1.807) is 0 Å². The van der Waals surface area contributed by atoms with E-state index < -0.39 is 7.92 Å². The Bertz CT molecular complexity index is 569. The fourth-order valence-corrected chi connectivity index (χ4v) is 4.48. The molecule has 0 aliphatic carbocycles. The molecule has 0 bridgehead atoms. The molecule has 0 spiro atoms. The smallest absolute Gasteiger partial charge is 0.0134 e. The van der Waals surface area contributed by atoms with Gasteiger partial charge in [-0.25, -0.2) is 0 Å². The van der Waals surface area contributed by atoms with Crippen molar-refractivity contribution in [3.05, 3.63) is 91.0 Å². The van der Waals surface area contributed by atoms with Gasteiger partial charge in [0.15, 0.2) is 0 Å². The maximum atomic E-state index is 2.31. The summed E-state index contributed by atoms with van der Waals surface area (Å²) in [5.41, 5.74) is 0. The zero-order chi connectivity index (χ0) is 16.5. The third-order valence-corrected chi connectivity index (χ3v) is 5.49. The van der Waals surface area contributed by atoms with Gasteiger partial charge in [-0.15, -0.1) is 0 Å². The van der Waals surface area contributed by atoms with E-state index in [1.807, 2.05) is 0 Å². The summed E-state index contributed by atoms with van der Waals surface area (Å²) in [4.78, 5) is 0. The standard InChI is InChI=1S/C18H15P.3CH3.Au/c1-4-10-16(11-5-1)19(17-12-6-2-7-13-17)18-14-8-3-9-15-18;;;;/h1-15H;3*1H3;. The Morgan fingerprint density at radius 1 is 0.478 bits per heavy atom. The normalized spacial score (nSPS) is 10.7. The molecule has 3 aromatic carbocycles. The van der Waals surface area contributed by atoms with Gasteiger partial charge in [0, 0.05) is 0 Å². The van der Waals surface area contributed by atoms with Crippen LogP contribution in [0.25, 0.3) is 0 Å². The molecule has 0 saturated carbocycles. The van der Waals surface area contributed by atoms with Gasteiger partial charge in [-0.2, -0.15) is 0 Å². The zero-order valence-electron chi connectivity index (χ0n) is 13.9. The first-order chi connectivity index (χ1) is 11.2. The molecular formula is C21H24AuP. The number of benzene rings is 3. The molecule has 3 aromatic rings. The minimum atomic E-state index is -0.446. The van der Waals surface area contributed by atoms with Gasteiger partial charge in [-0.05, 0) is 23.8 Å². The van der Waals surface area contributed by atoms with Crippen LogP contribution in [0.3, 0.4) is 0 Å². The first kappa shape index (κ1) is 18.2. The van der Waals surface area contributed by atoms with Crippen molar-refractivity contribution >= 4 is 23.8 Å². The second-order valence-electron chi connectivity index (χ2n) is 5.25. The van der Waals surface area contributed by atoms with Gasteiger partial charge < -0.3 is 0 Å². The number of rotatable bonds is 3. The Labute approximate surface area is 148 Å². The summed E-state index contributed by atoms with van der Waals surface area (Å²) in [5, 5.41) is 11.1. The van der Waals surface area contributed by atoms with Gasteiger partial charge in [0.05, 0.1) is 0 Å². The topological polar surface area (TPSA) is 0 Å². The molecule has 0 aromatic heterocycles. The average molecular weight is 504 g/mol. The van der Waals surface area contributed by atoms with Crippen LogP contribution in [0.1, 0.15) is 0 Å². The Kier molecular flexibility index (Phi) is 7.79. The first-order valence-electron chi connectivity index (χ1n) is 7.31. The first-order valence-corrected chi connectivity index (χ1v) is 15.1. The molecule has 0 heterocycles. The van der Waals surface area contributed by atoms with E-state index in [9.17, 15) is 0 Å². The molecule has 0 amide bonds. The van der Waals surface area contributed by atoms with Crippen molar-refractivity contribution < 1.29 is 18.4 Å². The second-order valence-corrected chi connectivity index (χ2v) is 14.0. The van der Waals surface area contributed by atoms with Crippen LogP contribution in [0.15, 0.2) is 91.0 Å². The fraction of sp³-hybridized carbons (Fsp3) is 0.143. The molecule has 124 valence electrons. The van der Waals surface area contributed by atoms with E-state index in [1.165, 1.54) is 15.9 Å². The fourth-order valence-electron chi connectivity index (χ4n) is 2.18. The SMILES string of the molecule is [CH3][Au]([CH3])[CH3].c1ccc(P(c2ccccc2)c2ccccc2)cc1. The summed E-state index contributed by atoms with van der Waals surface area (Å²) in [6.45, 7) is 0. The summed E-state index contributed by atoms with van der Waals surface area (Å²) in [6, 6.07) is 32.3. The van der Waals surface area contributed by atoms with Crippen LogP contribution in [0.2, 0.25) is 15.4 Å². The van der Waals surface area contributed by atoms with Crippen LogP contribution in [-0.4, -0.2) is 0 Å². The molecule has 0 unspecified atom stereocenters. The monoisotopic (exact) mass is 504 g/mol. The van der Waals surface area contributed by atoms with E-state index in [4.69, 9.17) is 0 Å². The Morgan fingerprint density at radius 2 is 0.696 bits per heavy atom.